The quantitative estimate of drug-likeness (QED) is 0.685. The molecule has 0 heterocycles. The van der Waals surface area contributed by atoms with Gasteiger partial charge in [-0.25, -0.2) is 0 Å². The molecule has 0 unspecified atom stereocenters. The lowest BCUT2D eigenvalue weighted by atomic mass is 9.93. The monoisotopic (exact) mass is 315 g/mol. The number of phenols is 1. The largest absolute Gasteiger partial charge is 0.507 e. The average molecular weight is 316 g/mol. The summed E-state index contributed by atoms with van der Waals surface area (Å²) in [4.78, 5) is 4.68. The van der Waals surface area contributed by atoms with E-state index in [4.69, 9.17) is 11.6 Å². The van der Waals surface area contributed by atoms with Crippen LogP contribution in [0.2, 0.25) is 5.02 Å². The number of benzene rings is 2. The third-order valence-electron chi connectivity index (χ3n) is 3.66. The van der Waals surface area contributed by atoms with E-state index in [2.05, 4.69) is 50.9 Å². The smallest absolute Gasteiger partial charge is 0.124 e. The summed E-state index contributed by atoms with van der Waals surface area (Å²) in [6.07, 6.45) is 1.69. The van der Waals surface area contributed by atoms with Crippen LogP contribution in [0.1, 0.15) is 56.2 Å². The van der Waals surface area contributed by atoms with Gasteiger partial charge in [0.2, 0.25) is 0 Å². The molecule has 22 heavy (non-hydrogen) atoms. The van der Waals surface area contributed by atoms with Crippen LogP contribution in [0.15, 0.2) is 41.4 Å². The van der Waals surface area contributed by atoms with Crippen molar-refractivity contribution < 1.29 is 5.11 Å². The molecular formula is C19H22ClNO. The van der Waals surface area contributed by atoms with Gasteiger partial charge in [0.25, 0.3) is 0 Å². The molecule has 1 N–H and O–H groups in total. The number of rotatable bonds is 4. The van der Waals surface area contributed by atoms with E-state index in [1.807, 2.05) is 0 Å². The second-order valence-corrected chi connectivity index (χ2v) is 6.49. The third kappa shape index (κ3) is 3.69. The van der Waals surface area contributed by atoms with Crippen LogP contribution in [-0.2, 0) is 0 Å². The highest BCUT2D eigenvalue weighted by Gasteiger charge is 2.12. The van der Waals surface area contributed by atoms with Gasteiger partial charge in [-0.1, -0.05) is 57.5 Å². The fourth-order valence-corrected chi connectivity index (χ4v) is 2.60. The molecule has 0 aliphatic carbocycles. The molecule has 2 aromatic rings. The second kappa shape index (κ2) is 6.97. The van der Waals surface area contributed by atoms with Crippen molar-refractivity contribution in [3.05, 3.63) is 58.1 Å². The number of hydrogen-bond acceptors (Lipinski definition) is 2. The van der Waals surface area contributed by atoms with Crippen molar-refractivity contribution in [3.63, 3.8) is 0 Å². The van der Waals surface area contributed by atoms with Gasteiger partial charge in [-0.15, -0.1) is 0 Å². The van der Waals surface area contributed by atoms with Gasteiger partial charge in [0.1, 0.15) is 5.75 Å². The number of nitrogens with zero attached hydrogens (tertiary/aromatic N) is 1. The molecule has 2 nitrogen and oxygen atoms in total. The van der Waals surface area contributed by atoms with Crippen LogP contribution in [0.3, 0.4) is 0 Å². The summed E-state index contributed by atoms with van der Waals surface area (Å²) >= 11 is 5.99. The molecule has 0 saturated carbocycles. The van der Waals surface area contributed by atoms with Crippen LogP contribution in [-0.4, -0.2) is 11.3 Å². The first-order chi connectivity index (χ1) is 10.4. The summed E-state index contributed by atoms with van der Waals surface area (Å²) in [6, 6.07) is 11.3. The van der Waals surface area contributed by atoms with E-state index >= 15 is 0 Å². The Balaban J connectivity index is 2.51. The maximum absolute atomic E-state index is 9.92. The summed E-state index contributed by atoms with van der Waals surface area (Å²) in [5.74, 6) is 0.957. The lowest BCUT2D eigenvalue weighted by Crippen LogP contribution is -1.95. The summed E-state index contributed by atoms with van der Waals surface area (Å²) < 4.78 is 0. The highest BCUT2D eigenvalue weighted by atomic mass is 35.5. The molecule has 0 saturated heterocycles. The molecule has 0 aromatic heterocycles. The second-order valence-electron chi connectivity index (χ2n) is 6.06. The predicted octanol–water partition coefficient (Wildman–Crippen LogP) is 6.04. The zero-order valence-corrected chi connectivity index (χ0v) is 14.2. The van der Waals surface area contributed by atoms with Crippen molar-refractivity contribution in [1.82, 2.24) is 0 Å². The third-order valence-corrected chi connectivity index (χ3v) is 3.90. The molecule has 0 aliphatic heterocycles. The fourth-order valence-electron chi connectivity index (χ4n) is 2.42. The SMILES string of the molecule is CC(C)c1cccc(C(C)C)c1N=Cc1cc(Cl)ccc1O. The first-order valence-electron chi connectivity index (χ1n) is 7.55. The Hall–Kier alpha value is -1.80. The van der Waals surface area contributed by atoms with Crippen LogP contribution in [0, 0.1) is 0 Å². The maximum Gasteiger partial charge on any atom is 0.124 e. The van der Waals surface area contributed by atoms with Gasteiger partial charge >= 0.3 is 0 Å². The van der Waals surface area contributed by atoms with Gasteiger partial charge in [-0.05, 0) is 41.2 Å². The topological polar surface area (TPSA) is 32.6 Å². The Morgan fingerprint density at radius 1 is 1.00 bits per heavy atom. The molecule has 0 spiro atoms. The van der Waals surface area contributed by atoms with E-state index in [0.717, 1.165) is 5.69 Å². The molecule has 2 aromatic carbocycles. The highest BCUT2D eigenvalue weighted by Crippen LogP contribution is 2.34. The number of aromatic hydroxyl groups is 1. The summed E-state index contributed by atoms with van der Waals surface area (Å²) in [6.45, 7) is 8.65. The van der Waals surface area contributed by atoms with Gasteiger partial charge in [0, 0.05) is 16.8 Å². The summed E-state index contributed by atoms with van der Waals surface area (Å²) in [7, 11) is 0. The van der Waals surface area contributed by atoms with E-state index in [9.17, 15) is 5.11 Å². The Morgan fingerprint density at radius 3 is 2.14 bits per heavy atom. The molecule has 0 fully saturated rings. The Bertz CT molecular complexity index is 664. The van der Waals surface area contributed by atoms with Gasteiger partial charge in [-0.2, -0.15) is 0 Å². The van der Waals surface area contributed by atoms with Crippen molar-refractivity contribution in [3.8, 4) is 5.75 Å². The molecule has 0 aliphatic rings. The molecule has 116 valence electrons. The van der Waals surface area contributed by atoms with Crippen LogP contribution >= 0.6 is 11.6 Å². The van der Waals surface area contributed by atoms with Crippen LogP contribution in [0.5, 0.6) is 5.75 Å². The molecule has 2 rings (SSSR count). The number of hydrogen-bond donors (Lipinski definition) is 1. The van der Waals surface area contributed by atoms with Crippen LogP contribution < -0.4 is 0 Å². The molecule has 3 heteroatoms. The highest BCUT2D eigenvalue weighted by molar-refractivity contribution is 6.30. The molecule has 0 radical (unpaired) electrons. The minimum Gasteiger partial charge on any atom is -0.507 e. The Kier molecular flexibility index (Phi) is 5.25. The number of halogens is 1. The lowest BCUT2D eigenvalue weighted by molar-refractivity contribution is 0.474. The average Bonchev–Trinajstić information content (AvgIpc) is 2.47. The standard InChI is InChI=1S/C19H22ClNO/c1-12(2)16-6-5-7-17(13(3)4)19(16)21-11-14-10-15(20)8-9-18(14)22/h5-13,22H,1-4H3. The fraction of sp³-hybridized carbons (Fsp3) is 0.316. The summed E-state index contributed by atoms with van der Waals surface area (Å²) in [5, 5.41) is 10.5. The number of phenolic OH excluding ortho intramolecular Hbond substituents is 1. The van der Waals surface area contributed by atoms with Crippen molar-refractivity contribution in [2.75, 3.05) is 0 Å². The number of aliphatic imine (C=N–C) groups is 1. The minimum absolute atomic E-state index is 0.182. The molecule has 0 amide bonds. The van der Waals surface area contributed by atoms with Crippen molar-refractivity contribution >= 4 is 23.5 Å². The first kappa shape index (κ1) is 16.6. The zero-order chi connectivity index (χ0) is 16.3. The Morgan fingerprint density at radius 2 is 1.59 bits per heavy atom. The maximum atomic E-state index is 9.92. The molecule has 0 bridgehead atoms. The molecule has 0 atom stereocenters. The van der Waals surface area contributed by atoms with E-state index in [1.54, 1.807) is 24.4 Å². The minimum atomic E-state index is 0.182. The lowest BCUT2D eigenvalue weighted by Gasteiger charge is -2.16. The predicted molar refractivity (Wildman–Crippen MR) is 95.0 cm³/mol. The van der Waals surface area contributed by atoms with Crippen molar-refractivity contribution in [1.29, 1.82) is 0 Å². The van der Waals surface area contributed by atoms with Crippen molar-refractivity contribution in [2.45, 2.75) is 39.5 Å². The van der Waals surface area contributed by atoms with E-state index in [1.165, 1.54) is 11.1 Å². The van der Waals surface area contributed by atoms with Gasteiger partial charge in [0.05, 0.1) is 5.69 Å². The van der Waals surface area contributed by atoms with Gasteiger partial charge in [0.15, 0.2) is 0 Å². The Labute approximate surface area is 137 Å². The van der Waals surface area contributed by atoms with E-state index in [-0.39, 0.29) is 5.75 Å². The normalized spacial score (nSPS) is 11.8. The zero-order valence-electron chi connectivity index (χ0n) is 13.5. The van der Waals surface area contributed by atoms with Gasteiger partial charge < -0.3 is 5.11 Å². The van der Waals surface area contributed by atoms with E-state index in [0.29, 0.717) is 22.4 Å². The van der Waals surface area contributed by atoms with E-state index < -0.39 is 0 Å². The van der Waals surface area contributed by atoms with Crippen molar-refractivity contribution in [2.24, 2.45) is 4.99 Å². The summed E-state index contributed by atoms with van der Waals surface area (Å²) in [5.41, 5.74) is 4.04. The van der Waals surface area contributed by atoms with Crippen LogP contribution in [0.25, 0.3) is 0 Å². The first-order valence-corrected chi connectivity index (χ1v) is 7.93. The van der Waals surface area contributed by atoms with Crippen LogP contribution in [0.4, 0.5) is 5.69 Å². The number of para-hydroxylation sites is 1. The molecular weight excluding hydrogens is 294 g/mol. The van der Waals surface area contributed by atoms with Gasteiger partial charge in [-0.3, -0.25) is 4.99 Å².